The fourth-order valence-electron chi connectivity index (χ4n) is 1.90. The zero-order valence-corrected chi connectivity index (χ0v) is 14.5. The van der Waals surface area contributed by atoms with Crippen molar-refractivity contribution in [1.29, 1.82) is 0 Å². The first-order valence-electron chi connectivity index (χ1n) is 7.35. The van der Waals surface area contributed by atoms with Crippen molar-refractivity contribution >= 4 is 17.2 Å². The smallest absolute Gasteiger partial charge is 0.263 e. The van der Waals surface area contributed by atoms with E-state index in [2.05, 4.69) is 24.1 Å². The number of nitrogens with one attached hydrogen (secondary N) is 1. The van der Waals surface area contributed by atoms with E-state index in [1.54, 1.807) is 7.11 Å². The molecule has 1 N–H and O–H groups in total. The molecule has 1 aromatic carbocycles. The van der Waals surface area contributed by atoms with Gasteiger partial charge in [-0.15, -0.1) is 11.3 Å². The Morgan fingerprint density at radius 3 is 2.41 bits per heavy atom. The lowest BCUT2D eigenvalue weighted by atomic mass is 10.1. The second-order valence-corrected chi connectivity index (χ2v) is 6.67. The van der Waals surface area contributed by atoms with Gasteiger partial charge in [0, 0.05) is 11.6 Å². The number of ether oxygens (including phenoxy) is 1. The number of aromatic nitrogens is 1. The molecule has 0 bridgehead atoms. The molecule has 2 aromatic rings. The van der Waals surface area contributed by atoms with Gasteiger partial charge >= 0.3 is 0 Å². The van der Waals surface area contributed by atoms with Gasteiger partial charge in [-0.2, -0.15) is 0 Å². The van der Waals surface area contributed by atoms with Crippen LogP contribution in [0.1, 0.15) is 36.1 Å². The number of amides is 1. The Kier molecular flexibility index (Phi) is 5.19. The molecule has 4 nitrogen and oxygen atoms in total. The number of aryl methyl sites for hydroxylation is 1. The van der Waals surface area contributed by atoms with Crippen molar-refractivity contribution in [3.8, 4) is 16.3 Å². The van der Waals surface area contributed by atoms with Crippen LogP contribution in [0.3, 0.4) is 0 Å². The van der Waals surface area contributed by atoms with E-state index in [-0.39, 0.29) is 11.9 Å². The van der Waals surface area contributed by atoms with Crippen LogP contribution in [-0.2, 0) is 0 Å². The zero-order chi connectivity index (χ0) is 16.3. The fourth-order valence-corrected chi connectivity index (χ4v) is 2.88. The molecule has 1 atom stereocenters. The average molecular weight is 318 g/mol. The summed E-state index contributed by atoms with van der Waals surface area (Å²) in [6.45, 7) is 8.07. The predicted octanol–water partition coefficient (Wildman–Crippen LogP) is 3.90. The summed E-state index contributed by atoms with van der Waals surface area (Å²) in [5, 5.41) is 3.88. The number of carbonyl (C=O) groups is 1. The minimum absolute atomic E-state index is 0.0454. The van der Waals surface area contributed by atoms with Crippen LogP contribution in [0, 0.1) is 12.8 Å². The van der Waals surface area contributed by atoms with E-state index in [1.807, 2.05) is 38.1 Å². The number of rotatable bonds is 5. The van der Waals surface area contributed by atoms with E-state index >= 15 is 0 Å². The van der Waals surface area contributed by atoms with Gasteiger partial charge in [-0.3, -0.25) is 4.79 Å². The summed E-state index contributed by atoms with van der Waals surface area (Å²) in [5.74, 6) is 1.16. The SMILES string of the molecule is COc1ccc(-c2nc(C)c(C(=O)NC(C)C(C)C)s2)cc1. The first kappa shape index (κ1) is 16.5. The van der Waals surface area contributed by atoms with Crippen LogP contribution in [-0.4, -0.2) is 24.0 Å². The number of thiazole rings is 1. The Hall–Kier alpha value is -1.88. The highest BCUT2D eigenvalue weighted by Gasteiger charge is 2.19. The van der Waals surface area contributed by atoms with Crippen LogP contribution >= 0.6 is 11.3 Å². The molecule has 0 saturated heterocycles. The Balaban J connectivity index is 2.21. The molecule has 0 spiro atoms. The van der Waals surface area contributed by atoms with Gasteiger partial charge in [-0.1, -0.05) is 13.8 Å². The van der Waals surface area contributed by atoms with Gasteiger partial charge < -0.3 is 10.1 Å². The fraction of sp³-hybridized carbons (Fsp3) is 0.412. The monoisotopic (exact) mass is 318 g/mol. The van der Waals surface area contributed by atoms with E-state index in [9.17, 15) is 4.79 Å². The maximum Gasteiger partial charge on any atom is 0.263 e. The molecular formula is C17H22N2O2S. The number of hydrogen-bond donors (Lipinski definition) is 1. The van der Waals surface area contributed by atoms with Gasteiger partial charge in [0.05, 0.1) is 12.8 Å². The van der Waals surface area contributed by atoms with E-state index in [1.165, 1.54) is 11.3 Å². The summed E-state index contributed by atoms with van der Waals surface area (Å²) in [6.07, 6.45) is 0. The Morgan fingerprint density at radius 1 is 1.23 bits per heavy atom. The van der Waals surface area contributed by atoms with E-state index in [0.717, 1.165) is 22.0 Å². The highest BCUT2D eigenvalue weighted by molar-refractivity contribution is 7.17. The minimum atomic E-state index is -0.0454. The normalized spacial score (nSPS) is 12.3. The molecule has 118 valence electrons. The molecule has 1 unspecified atom stereocenters. The maximum atomic E-state index is 12.4. The molecule has 0 saturated carbocycles. The molecule has 22 heavy (non-hydrogen) atoms. The van der Waals surface area contributed by atoms with Crippen molar-refractivity contribution in [1.82, 2.24) is 10.3 Å². The standard InChI is InChI=1S/C17H22N2O2S/c1-10(2)11(3)18-16(20)15-12(4)19-17(22-15)13-6-8-14(21-5)9-7-13/h6-11H,1-5H3,(H,18,20). The summed E-state index contributed by atoms with van der Waals surface area (Å²) >= 11 is 1.42. The van der Waals surface area contributed by atoms with Gasteiger partial charge in [0.15, 0.2) is 0 Å². The van der Waals surface area contributed by atoms with Crippen LogP contribution in [0.25, 0.3) is 10.6 Å². The molecule has 0 radical (unpaired) electrons. The third-order valence-corrected chi connectivity index (χ3v) is 4.90. The van der Waals surface area contributed by atoms with Gasteiger partial charge in [-0.05, 0) is 44.0 Å². The van der Waals surface area contributed by atoms with Crippen molar-refractivity contribution in [2.45, 2.75) is 33.7 Å². The van der Waals surface area contributed by atoms with E-state index in [0.29, 0.717) is 10.8 Å². The topological polar surface area (TPSA) is 51.2 Å². The van der Waals surface area contributed by atoms with Crippen LogP contribution in [0.2, 0.25) is 0 Å². The highest BCUT2D eigenvalue weighted by Crippen LogP contribution is 2.29. The molecule has 0 fully saturated rings. The molecule has 1 heterocycles. The Morgan fingerprint density at radius 2 is 1.86 bits per heavy atom. The predicted molar refractivity (Wildman–Crippen MR) is 90.6 cm³/mol. The second kappa shape index (κ2) is 6.92. The lowest BCUT2D eigenvalue weighted by Gasteiger charge is -2.16. The van der Waals surface area contributed by atoms with Gasteiger partial charge in [0.2, 0.25) is 0 Å². The number of benzene rings is 1. The molecule has 5 heteroatoms. The summed E-state index contributed by atoms with van der Waals surface area (Å²) < 4.78 is 5.16. The number of hydrogen-bond acceptors (Lipinski definition) is 4. The van der Waals surface area contributed by atoms with Crippen LogP contribution in [0.15, 0.2) is 24.3 Å². The van der Waals surface area contributed by atoms with Gasteiger partial charge in [-0.25, -0.2) is 4.98 Å². The summed E-state index contributed by atoms with van der Waals surface area (Å²) in [6, 6.07) is 7.84. The largest absolute Gasteiger partial charge is 0.497 e. The van der Waals surface area contributed by atoms with Gasteiger partial charge in [0.1, 0.15) is 15.6 Å². The molecule has 1 aromatic heterocycles. The summed E-state index contributed by atoms with van der Waals surface area (Å²) in [7, 11) is 1.64. The average Bonchev–Trinajstić information content (AvgIpc) is 2.89. The molecule has 2 rings (SSSR count). The van der Waals surface area contributed by atoms with Crippen molar-refractivity contribution in [2.24, 2.45) is 5.92 Å². The number of carbonyl (C=O) groups excluding carboxylic acids is 1. The van der Waals surface area contributed by atoms with Crippen molar-refractivity contribution in [3.05, 3.63) is 34.8 Å². The summed E-state index contributed by atoms with van der Waals surface area (Å²) in [4.78, 5) is 17.6. The number of methoxy groups -OCH3 is 1. The minimum Gasteiger partial charge on any atom is -0.497 e. The van der Waals surface area contributed by atoms with Gasteiger partial charge in [0.25, 0.3) is 5.91 Å². The first-order chi connectivity index (χ1) is 10.4. The van der Waals surface area contributed by atoms with Crippen molar-refractivity contribution in [2.75, 3.05) is 7.11 Å². The molecule has 0 aliphatic heterocycles. The maximum absolute atomic E-state index is 12.4. The van der Waals surface area contributed by atoms with Crippen LogP contribution < -0.4 is 10.1 Å². The quantitative estimate of drug-likeness (QED) is 0.909. The highest BCUT2D eigenvalue weighted by atomic mass is 32.1. The molecule has 1 amide bonds. The molecule has 0 aliphatic rings. The number of nitrogens with zero attached hydrogens (tertiary/aromatic N) is 1. The Bertz CT molecular complexity index is 647. The lowest BCUT2D eigenvalue weighted by molar-refractivity contribution is 0.0934. The molecular weight excluding hydrogens is 296 g/mol. The first-order valence-corrected chi connectivity index (χ1v) is 8.16. The van der Waals surface area contributed by atoms with E-state index in [4.69, 9.17) is 4.74 Å². The third-order valence-electron chi connectivity index (χ3n) is 3.70. The van der Waals surface area contributed by atoms with Crippen LogP contribution in [0.5, 0.6) is 5.75 Å². The zero-order valence-electron chi connectivity index (χ0n) is 13.6. The second-order valence-electron chi connectivity index (χ2n) is 5.67. The lowest BCUT2D eigenvalue weighted by Crippen LogP contribution is -2.35. The van der Waals surface area contributed by atoms with Crippen molar-refractivity contribution < 1.29 is 9.53 Å². The van der Waals surface area contributed by atoms with Crippen LogP contribution in [0.4, 0.5) is 0 Å². The molecule has 0 aliphatic carbocycles. The van der Waals surface area contributed by atoms with Crippen molar-refractivity contribution in [3.63, 3.8) is 0 Å². The third kappa shape index (κ3) is 3.65. The van der Waals surface area contributed by atoms with E-state index < -0.39 is 0 Å². The summed E-state index contributed by atoms with van der Waals surface area (Å²) in [5.41, 5.74) is 1.76. The Labute approximate surface area is 135 Å².